The van der Waals surface area contributed by atoms with E-state index in [9.17, 15) is 5.11 Å². The SMILES string of the molecule is O[C@@H]1COCC[C@H]1NCc1nnc(Cl)c2ccccc12. The smallest absolute Gasteiger partial charge is 0.159 e. The molecule has 0 amide bonds. The normalized spacial score (nSPS) is 23.1. The lowest BCUT2D eigenvalue weighted by Crippen LogP contribution is -2.46. The van der Waals surface area contributed by atoms with Crippen molar-refractivity contribution in [2.24, 2.45) is 0 Å². The molecule has 0 radical (unpaired) electrons. The average molecular weight is 294 g/mol. The van der Waals surface area contributed by atoms with E-state index in [1.165, 1.54) is 0 Å². The fourth-order valence-electron chi connectivity index (χ4n) is 2.45. The Morgan fingerprint density at radius 1 is 1.30 bits per heavy atom. The molecule has 106 valence electrons. The third-order valence-corrected chi connectivity index (χ3v) is 3.86. The van der Waals surface area contributed by atoms with Crippen molar-refractivity contribution in [3.8, 4) is 0 Å². The number of nitrogens with zero attached hydrogens (tertiary/aromatic N) is 2. The summed E-state index contributed by atoms with van der Waals surface area (Å²) in [5.74, 6) is 0. The minimum Gasteiger partial charge on any atom is -0.389 e. The molecule has 1 aliphatic heterocycles. The number of aliphatic hydroxyl groups is 1. The van der Waals surface area contributed by atoms with Crippen LogP contribution in [0.4, 0.5) is 0 Å². The Bertz CT molecular complexity index is 608. The van der Waals surface area contributed by atoms with Gasteiger partial charge in [0.1, 0.15) is 0 Å². The maximum atomic E-state index is 9.86. The van der Waals surface area contributed by atoms with E-state index < -0.39 is 6.10 Å². The number of nitrogens with one attached hydrogen (secondary N) is 1. The van der Waals surface area contributed by atoms with Gasteiger partial charge in [-0.15, -0.1) is 5.10 Å². The molecule has 0 unspecified atom stereocenters. The zero-order valence-corrected chi connectivity index (χ0v) is 11.7. The lowest BCUT2D eigenvalue weighted by molar-refractivity contribution is -0.0281. The maximum Gasteiger partial charge on any atom is 0.159 e. The zero-order chi connectivity index (χ0) is 13.9. The summed E-state index contributed by atoms with van der Waals surface area (Å²) in [5, 5.41) is 23.6. The summed E-state index contributed by atoms with van der Waals surface area (Å²) in [7, 11) is 0. The Morgan fingerprint density at radius 3 is 2.90 bits per heavy atom. The molecule has 0 saturated carbocycles. The van der Waals surface area contributed by atoms with Gasteiger partial charge in [-0.1, -0.05) is 35.9 Å². The van der Waals surface area contributed by atoms with E-state index >= 15 is 0 Å². The van der Waals surface area contributed by atoms with E-state index in [4.69, 9.17) is 16.3 Å². The summed E-state index contributed by atoms with van der Waals surface area (Å²) < 4.78 is 5.21. The molecule has 1 saturated heterocycles. The summed E-state index contributed by atoms with van der Waals surface area (Å²) in [5.41, 5.74) is 0.837. The quantitative estimate of drug-likeness (QED) is 0.898. The molecule has 2 atom stereocenters. The van der Waals surface area contributed by atoms with Crippen LogP contribution in [-0.4, -0.2) is 40.7 Å². The average Bonchev–Trinajstić information content (AvgIpc) is 2.48. The molecule has 6 heteroatoms. The lowest BCUT2D eigenvalue weighted by atomic mass is 10.1. The van der Waals surface area contributed by atoms with E-state index in [2.05, 4.69) is 15.5 Å². The Balaban J connectivity index is 1.79. The van der Waals surface area contributed by atoms with Gasteiger partial charge in [-0.3, -0.25) is 0 Å². The summed E-state index contributed by atoms with van der Waals surface area (Å²) in [4.78, 5) is 0. The van der Waals surface area contributed by atoms with Gasteiger partial charge in [-0.2, -0.15) is 5.10 Å². The molecule has 20 heavy (non-hydrogen) atoms. The summed E-state index contributed by atoms with van der Waals surface area (Å²) in [6.45, 7) is 1.60. The molecule has 2 aromatic rings. The third-order valence-electron chi connectivity index (χ3n) is 3.58. The van der Waals surface area contributed by atoms with Crippen molar-refractivity contribution >= 4 is 22.4 Å². The Labute approximate surface area is 121 Å². The first-order valence-corrected chi connectivity index (χ1v) is 7.02. The highest BCUT2D eigenvalue weighted by Gasteiger charge is 2.23. The van der Waals surface area contributed by atoms with Crippen LogP contribution in [0.1, 0.15) is 12.1 Å². The number of hydrogen-bond acceptors (Lipinski definition) is 5. The van der Waals surface area contributed by atoms with Gasteiger partial charge in [-0.25, -0.2) is 0 Å². The van der Waals surface area contributed by atoms with Crippen LogP contribution in [0.5, 0.6) is 0 Å². The minimum absolute atomic E-state index is 0.0278. The van der Waals surface area contributed by atoms with Crippen molar-refractivity contribution in [3.05, 3.63) is 35.1 Å². The zero-order valence-electron chi connectivity index (χ0n) is 10.9. The van der Waals surface area contributed by atoms with Gasteiger partial charge in [-0.05, 0) is 6.42 Å². The monoisotopic (exact) mass is 293 g/mol. The van der Waals surface area contributed by atoms with E-state index in [1.807, 2.05) is 24.3 Å². The van der Waals surface area contributed by atoms with Crippen molar-refractivity contribution in [1.82, 2.24) is 15.5 Å². The maximum absolute atomic E-state index is 9.86. The van der Waals surface area contributed by atoms with E-state index in [0.29, 0.717) is 24.9 Å². The van der Waals surface area contributed by atoms with Gasteiger partial charge < -0.3 is 15.2 Å². The first-order valence-electron chi connectivity index (χ1n) is 6.64. The Morgan fingerprint density at radius 2 is 2.10 bits per heavy atom. The standard InChI is InChI=1S/C14H16ClN3O2/c15-14-10-4-2-1-3-9(10)12(17-18-14)7-16-11-5-6-20-8-13(11)19/h1-4,11,13,16,19H,5-8H2/t11-,13-/m1/s1. The molecule has 2 heterocycles. The number of fused-ring (bicyclic) bond motifs is 1. The Hall–Kier alpha value is -1.27. The van der Waals surface area contributed by atoms with Crippen LogP contribution in [0.15, 0.2) is 24.3 Å². The number of aliphatic hydroxyl groups excluding tert-OH is 1. The van der Waals surface area contributed by atoms with Crippen molar-refractivity contribution in [2.45, 2.75) is 25.1 Å². The molecule has 2 N–H and O–H groups in total. The molecule has 1 fully saturated rings. The fourth-order valence-corrected chi connectivity index (χ4v) is 2.65. The largest absolute Gasteiger partial charge is 0.389 e. The molecular weight excluding hydrogens is 278 g/mol. The van der Waals surface area contributed by atoms with Gasteiger partial charge in [0.25, 0.3) is 0 Å². The first kappa shape index (κ1) is 13.7. The second-order valence-corrected chi connectivity index (χ2v) is 5.26. The summed E-state index contributed by atoms with van der Waals surface area (Å²) in [6.07, 6.45) is 0.315. The van der Waals surface area contributed by atoms with Crippen LogP contribution >= 0.6 is 11.6 Å². The number of benzene rings is 1. The van der Waals surface area contributed by atoms with Crippen molar-refractivity contribution in [1.29, 1.82) is 0 Å². The highest BCUT2D eigenvalue weighted by atomic mass is 35.5. The van der Waals surface area contributed by atoms with Crippen molar-refractivity contribution in [3.63, 3.8) is 0 Å². The van der Waals surface area contributed by atoms with Crippen LogP contribution in [0, 0.1) is 0 Å². The van der Waals surface area contributed by atoms with E-state index in [1.54, 1.807) is 0 Å². The Kier molecular flexibility index (Phi) is 4.12. The summed E-state index contributed by atoms with van der Waals surface area (Å²) >= 11 is 6.05. The van der Waals surface area contributed by atoms with Crippen molar-refractivity contribution in [2.75, 3.05) is 13.2 Å². The first-order chi connectivity index (χ1) is 9.75. The van der Waals surface area contributed by atoms with Gasteiger partial charge >= 0.3 is 0 Å². The van der Waals surface area contributed by atoms with Gasteiger partial charge in [0.2, 0.25) is 0 Å². The van der Waals surface area contributed by atoms with Gasteiger partial charge in [0, 0.05) is 30.0 Å². The van der Waals surface area contributed by atoms with Gasteiger partial charge in [0.05, 0.1) is 18.4 Å². The molecular formula is C14H16ClN3O2. The number of hydrogen-bond donors (Lipinski definition) is 2. The van der Waals surface area contributed by atoms with Crippen LogP contribution in [0.25, 0.3) is 10.8 Å². The second kappa shape index (κ2) is 6.01. The topological polar surface area (TPSA) is 67.3 Å². The highest BCUT2D eigenvalue weighted by Crippen LogP contribution is 2.22. The minimum atomic E-state index is -0.477. The second-order valence-electron chi connectivity index (χ2n) is 4.90. The van der Waals surface area contributed by atoms with Crippen LogP contribution < -0.4 is 5.32 Å². The van der Waals surface area contributed by atoms with Crippen molar-refractivity contribution < 1.29 is 9.84 Å². The molecule has 3 rings (SSSR count). The molecule has 0 spiro atoms. The predicted octanol–water partition coefficient (Wildman–Crippen LogP) is 1.52. The van der Waals surface area contributed by atoms with E-state index in [0.717, 1.165) is 22.9 Å². The molecule has 0 aliphatic carbocycles. The molecule has 1 aromatic carbocycles. The van der Waals surface area contributed by atoms with Crippen LogP contribution in [0.2, 0.25) is 5.15 Å². The molecule has 1 aliphatic rings. The third kappa shape index (κ3) is 2.76. The number of aromatic nitrogens is 2. The van der Waals surface area contributed by atoms with Gasteiger partial charge in [0.15, 0.2) is 5.15 Å². The van der Waals surface area contributed by atoms with E-state index in [-0.39, 0.29) is 6.04 Å². The van der Waals surface area contributed by atoms with Crippen LogP contribution in [-0.2, 0) is 11.3 Å². The molecule has 0 bridgehead atoms. The number of halogens is 1. The van der Waals surface area contributed by atoms with Crippen LogP contribution in [0.3, 0.4) is 0 Å². The fraction of sp³-hybridized carbons (Fsp3) is 0.429. The summed E-state index contributed by atoms with van der Waals surface area (Å²) in [6, 6.07) is 7.81. The highest BCUT2D eigenvalue weighted by molar-refractivity contribution is 6.34. The molecule has 5 nitrogen and oxygen atoms in total. The lowest BCUT2D eigenvalue weighted by Gasteiger charge is -2.28. The molecule has 1 aromatic heterocycles. The predicted molar refractivity (Wildman–Crippen MR) is 76.6 cm³/mol. The number of ether oxygens (including phenoxy) is 1. The number of rotatable bonds is 3.